The van der Waals surface area contributed by atoms with Crippen molar-refractivity contribution < 1.29 is 19.7 Å². The van der Waals surface area contributed by atoms with Gasteiger partial charge in [-0.15, -0.1) is 0 Å². The third kappa shape index (κ3) is 3.00. The maximum absolute atomic E-state index is 11.9. The van der Waals surface area contributed by atoms with Crippen molar-refractivity contribution in [2.45, 2.75) is 6.92 Å². The molecule has 1 heterocycles. The lowest BCUT2D eigenvalue weighted by Gasteiger charge is -2.11. The molecule has 0 saturated heterocycles. The number of pyridine rings is 1. The van der Waals surface area contributed by atoms with Crippen molar-refractivity contribution in [1.29, 1.82) is 0 Å². The smallest absolute Gasteiger partial charge is 0.275 e. The molecule has 3 rings (SSSR count). The zero-order valence-corrected chi connectivity index (χ0v) is 13.0. The molecule has 0 aliphatic rings. The monoisotopic (exact) mass is 324 g/mol. The molecule has 122 valence electrons. The summed E-state index contributed by atoms with van der Waals surface area (Å²) in [6.07, 6.45) is 0. The van der Waals surface area contributed by atoms with E-state index >= 15 is 0 Å². The van der Waals surface area contributed by atoms with Crippen LogP contribution in [-0.4, -0.2) is 27.8 Å². The van der Waals surface area contributed by atoms with Crippen molar-refractivity contribution in [3.63, 3.8) is 0 Å². The highest BCUT2D eigenvalue weighted by Crippen LogP contribution is 2.33. The van der Waals surface area contributed by atoms with Crippen molar-refractivity contribution in [3.8, 4) is 17.2 Å². The van der Waals surface area contributed by atoms with E-state index in [1.807, 2.05) is 30.3 Å². The maximum atomic E-state index is 11.9. The first-order valence-electron chi connectivity index (χ1n) is 7.35. The number of fused-ring (bicyclic) bond motifs is 1. The number of para-hydroxylation sites is 1. The molecule has 6 heteroatoms. The fourth-order valence-electron chi connectivity index (χ4n) is 2.44. The summed E-state index contributed by atoms with van der Waals surface area (Å²) in [5.41, 5.74) is 0.454. The molecular weight excluding hydrogens is 308 g/mol. The van der Waals surface area contributed by atoms with Gasteiger partial charge in [0.05, 0.1) is 0 Å². The van der Waals surface area contributed by atoms with E-state index < -0.39 is 12.6 Å². The van der Waals surface area contributed by atoms with E-state index in [9.17, 15) is 9.90 Å². The van der Waals surface area contributed by atoms with Crippen LogP contribution in [0.5, 0.6) is 17.2 Å². The van der Waals surface area contributed by atoms with E-state index in [4.69, 9.17) is 9.84 Å². The molecule has 0 spiro atoms. The van der Waals surface area contributed by atoms with Crippen molar-refractivity contribution >= 4 is 16.7 Å². The molecule has 1 aromatic heterocycles. The molecule has 6 nitrogen and oxygen atoms in total. The Labute approximate surface area is 138 Å². The van der Waals surface area contributed by atoms with Gasteiger partial charge in [0.15, 0.2) is 11.4 Å². The molecule has 1 amide bonds. The molecule has 0 unspecified atom stereocenters. The van der Waals surface area contributed by atoms with Gasteiger partial charge < -0.3 is 20.3 Å². The van der Waals surface area contributed by atoms with Crippen molar-refractivity contribution in [2.75, 3.05) is 6.73 Å². The second-order valence-corrected chi connectivity index (χ2v) is 5.18. The predicted molar refractivity (Wildman–Crippen MR) is 89.2 cm³/mol. The van der Waals surface area contributed by atoms with Gasteiger partial charge in [0, 0.05) is 16.5 Å². The normalized spacial score (nSPS) is 10.6. The van der Waals surface area contributed by atoms with E-state index in [0.717, 1.165) is 0 Å². The van der Waals surface area contributed by atoms with Crippen LogP contribution >= 0.6 is 0 Å². The Morgan fingerprint density at radius 3 is 2.58 bits per heavy atom. The zero-order valence-electron chi connectivity index (χ0n) is 13.0. The number of carbonyl (C=O) groups is 1. The van der Waals surface area contributed by atoms with Gasteiger partial charge in [-0.1, -0.05) is 18.2 Å². The molecule has 3 N–H and O–H groups in total. The number of benzene rings is 2. The van der Waals surface area contributed by atoms with Gasteiger partial charge >= 0.3 is 0 Å². The maximum Gasteiger partial charge on any atom is 0.275 e. The van der Waals surface area contributed by atoms with E-state index in [1.54, 1.807) is 25.1 Å². The van der Waals surface area contributed by atoms with Gasteiger partial charge in [-0.25, -0.2) is 4.98 Å². The van der Waals surface area contributed by atoms with Crippen LogP contribution in [0, 0.1) is 6.92 Å². The van der Waals surface area contributed by atoms with E-state index in [2.05, 4.69) is 10.3 Å². The Morgan fingerprint density at radius 2 is 1.88 bits per heavy atom. The highest BCUT2D eigenvalue weighted by molar-refractivity contribution is 6.02. The molecule has 0 aliphatic carbocycles. The molecule has 0 saturated carbocycles. The molecular formula is C18H16N2O4. The summed E-state index contributed by atoms with van der Waals surface area (Å²) < 4.78 is 5.78. The topological polar surface area (TPSA) is 91.7 Å². The third-order valence-corrected chi connectivity index (χ3v) is 3.57. The summed E-state index contributed by atoms with van der Waals surface area (Å²) in [7, 11) is 0. The number of hydrogen-bond donors (Lipinski definition) is 3. The van der Waals surface area contributed by atoms with E-state index in [1.165, 1.54) is 0 Å². The predicted octanol–water partition coefficient (Wildman–Crippen LogP) is 2.72. The number of aromatic hydroxyl groups is 1. The van der Waals surface area contributed by atoms with Crippen LogP contribution < -0.4 is 10.1 Å². The van der Waals surface area contributed by atoms with Crippen LogP contribution in [0.4, 0.5) is 0 Å². The number of aliphatic hydroxyl groups is 1. The van der Waals surface area contributed by atoms with Gasteiger partial charge in [-0.2, -0.15) is 0 Å². The van der Waals surface area contributed by atoms with Gasteiger partial charge in [0.25, 0.3) is 5.91 Å². The lowest BCUT2D eigenvalue weighted by molar-refractivity contribution is 0.0902. The highest BCUT2D eigenvalue weighted by Gasteiger charge is 2.17. The Kier molecular flexibility index (Phi) is 4.31. The van der Waals surface area contributed by atoms with Crippen molar-refractivity contribution in [1.82, 2.24) is 10.3 Å². The van der Waals surface area contributed by atoms with Crippen LogP contribution in [0.15, 0.2) is 48.5 Å². The summed E-state index contributed by atoms with van der Waals surface area (Å²) in [6.45, 7) is 1.21. The number of nitrogens with zero attached hydrogens (tertiary/aromatic N) is 1. The summed E-state index contributed by atoms with van der Waals surface area (Å²) in [6, 6.07) is 14.5. The fraction of sp³-hybridized carbons (Fsp3) is 0.111. The van der Waals surface area contributed by atoms with Crippen LogP contribution in [0.3, 0.4) is 0 Å². The third-order valence-electron chi connectivity index (χ3n) is 3.57. The number of ether oxygens (including phenoxy) is 1. The average molecular weight is 324 g/mol. The standard InChI is InChI=1S/C18H16N2O4/c1-11-15-9-13(24-12-5-3-2-4-6-12)7-8-14(15)17(22)16(20-11)18(23)19-10-21/h2-9,21-22H,10H2,1H3,(H,19,23). The molecule has 2 aromatic carbocycles. The molecule has 3 aromatic rings. The SMILES string of the molecule is Cc1nc(C(=O)NCO)c(O)c2ccc(Oc3ccccc3)cc12. The minimum atomic E-state index is -0.635. The molecule has 0 radical (unpaired) electrons. The minimum Gasteiger partial charge on any atom is -0.505 e. The first kappa shape index (κ1) is 15.8. The van der Waals surface area contributed by atoms with Crippen molar-refractivity contribution in [3.05, 3.63) is 59.9 Å². The van der Waals surface area contributed by atoms with Gasteiger partial charge in [0.1, 0.15) is 18.2 Å². The highest BCUT2D eigenvalue weighted by atomic mass is 16.5. The number of aromatic nitrogens is 1. The second kappa shape index (κ2) is 6.55. The Bertz CT molecular complexity index is 894. The van der Waals surface area contributed by atoms with Crippen LogP contribution in [0.2, 0.25) is 0 Å². The first-order chi connectivity index (χ1) is 11.6. The lowest BCUT2D eigenvalue weighted by atomic mass is 10.1. The summed E-state index contributed by atoms with van der Waals surface area (Å²) in [5, 5.41) is 22.5. The number of carbonyl (C=O) groups excluding carboxylic acids is 1. The average Bonchev–Trinajstić information content (AvgIpc) is 2.59. The minimum absolute atomic E-state index is 0.120. The zero-order chi connectivity index (χ0) is 17.1. The number of aliphatic hydroxyl groups excluding tert-OH is 1. The number of rotatable bonds is 4. The summed E-state index contributed by atoms with van der Waals surface area (Å²) >= 11 is 0. The Balaban J connectivity index is 2.03. The first-order valence-corrected chi connectivity index (χ1v) is 7.35. The molecule has 0 aliphatic heterocycles. The number of hydrogen-bond acceptors (Lipinski definition) is 5. The Hall–Kier alpha value is -3.12. The number of nitrogens with one attached hydrogen (secondary N) is 1. The number of amides is 1. The Morgan fingerprint density at radius 1 is 1.12 bits per heavy atom. The largest absolute Gasteiger partial charge is 0.505 e. The number of aryl methyl sites for hydroxylation is 1. The summed E-state index contributed by atoms with van der Waals surface area (Å²) in [4.78, 5) is 16.0. The fourth-order valence-corrected chi connectivity index (χ4v) is 2.44. The summed E-state index contributed by atoms with van der Waals surface area (Å²) in [5.74, 6) is 0.439. The van der Waals surface area contributed by atoms with Crippen molar-refractivity contribution in [2.24, 2.45) is 0 Å². The molecule has 0 bridgehead atoms. The van der Waals surface area contributed by atoms with Gasteiger partial charge in [0.2, 0.25) is 0 Å². The van der Waals surface area contributed by atoms with Gasteiger partial charge in [-0.05, 0) is 37.3 Å². The van der Waals surface area contributed by atoms with Crippen LogP contribution in [0.25, 0.3) is 10.8 Å². The van der Waals surface area contributed by atoms with E-state index in [0.29, 0.717) is 28.0 Å². The quantitative estimate of drug-likeness (QED) is 0.642. The van der Waals surface area contributed by atoms with Crippen LogP contribution in [0.1, 0.15) is 16.2 Å². The molecule has 0 atom stereocenters. The molecule has 0 fully saturated rings. The molecule has 24 heavy (non-hydrogen) atoms. The van der Waals surface area contributed by atoms with E-state index in [-0.39, 0.29) is 11.4 Å². The van der Waals surface area contributed by atoms with Gasteiger partial charge in [-0.3, -0.25) is 4.79 Å². The lowest BCUT2D eigenvalue weighted by Crippen LogP contribution is -2.25. The van der Waals surface area contributed by atoms with Crippen LogP contribution in [-0.2, 0) is 0 Å². The second-order valence-electron chi connectivity index (χ2n) is 5.18.